The smallest absolute Gasteiger partial charge is 0.270 e. The van der Waals surface area contributed by atoms with Gasteiger partial charge in [-0.05, 0) is 43.9 Å². The number of aromatic nitrogens is 1. The number of hydrogen-bond donors (Lipinski definition) is 1. The Bertz CT molecular complexity index is 730. The Hall–Kier alpha value is -2.56. The molecule has 5 nitrogen and oxygen atoms in total. The van der Waals surface area contributed by atoms with Crippen molar-refractivity contribution in [3.8, 4) is 5.75 Å². The number of piperidine rings is 1. The predicted octanol–water partition coefficient (Wildman–Crippen LogP) is 3.79. The van der Waals surface area contributed by atoms with Gasteiger partial charge in [-0.2, -0.15) is 0 Å². The fourth-order valence-electron chi connectivity index (χ4n) is 3.57. The lowest BCUT2D eigenvalue weighted by Gasteiger charge is -2.37. The molecule has 26 heavy (non-hydrogen) atoms. The van der Waals surface area contributed by atoms with E-state index >= 15 is 0 Å². The molecule has 1 atom stereocenters. The highest BCUT2D eigenvalue weighted by atomic mass is 16.5. The molecule has 1 aromatic carbocycles. The van der Waals surface area contributed by atoms with E-state index < -0.39 is 0 Å². The maximum atomic E-state index is 12.4. The largest absolute Gasteiger partial charge is 0.496 e. The number of hydrogen-bond acceptors (Lipinski definition) is 4. The number of para-hydroxylation sites is 1. The molecule has 1 aliphatic heterocycles. The third kappa shape index (κ3) is 4.15. The van der Waals surface area contributed by atoms with E-state index in [9.17, 15) is 4.79 Å². The fraction of sp³-hybridized carbons (Fsp3) is 0.429. The number of carbonyl (C=O) groups is 1. The van der Waals surface area contributed by atoms with Crippen LogP contribution < -0.4 is 15.0 Å². The number of carbonyl (C=O) groups excluding carboxylic acids is 1. The second-order valence-corrected chi connectivity index (χ2v) is 6.65. The van der Waals surface area contributed by atoms with Gasteiger partial charge in [0, 0.05) is 24.7 Å². The summed E-state index contributed by atoms with van der Waals surface area (Å²) < 4.78 is 5.31. The highest BCUT2D eigenvalue weighted by Gasteiger charge is 2.21. The summed E-state index contributed by atoms with van der Waals surface area (Å²) in [5.74, 6) is 0.597. The monoisotopic (exact) mass is 353 g/mol. The highest BCUT2D eigenvalue weighted by molar-refractivity contribution is 5.92. The molecule has 1 aliphatic rings. The molecule has 0 radical (unpaired) electrons. The number of ether oxygens (including phenoxy) is 1. The zero-order valence-electron chi connectivity index (χ0n) is 15.6. The molecule has 0 saturated carbocycles. The number of nitrogens with one attached hydrogen (secondary N) is 1. The Morgan fingerprint density at radius 3 is 2.85 bits per heavy atom. The van der Waals surface area contributed by atoms with Gasteiger partial charge < -0.3 is 15.0 Å². The average molecular weight is 353 g/mol. The Balaban J connectivity index is 1.63. The van der Waals surface area contributed by atoms with E-state index in [1.165, 1.54) is 19.3 Å². The van der Waals surface area contributed by atoms with Gasteiger partial charge in [0.2, 0.25) is 0 Å². The van der Waals surface area contributed by atoms with Crippen LogP contribution in [0.5, 0.6) is 5.75 Å². The SMILES string of the molecule is CCC1CCCCN1c1ccc(C(=O)NCc2ccccc2OC)nc1. The summed E-state index contributed by atoms with van der Waals surface area (Å²) in [6, 6.07) is 12.1. The number of amides is 1. The van der Waals surface area contributed by atoms with Crippen LogP contribution in [0.2, 0.25) is 0 Å². The van der Waals surface area contributed by atoms with Crippen LogP contribution in [-0.4, -0.2) is 30.6 Å². The van der Waals surface area contributed by atoms with E-state index in [-0.39, 0.29) is 5.91 Å². The molecular weight excluding hydrogens is 326 g/mol. The number of pyridine rings is 1. The van der Waals surface area contributed by atoms with Crippen LogP contribution in [0.3, 0.4) is 0 Å². The zero-order valence-corrected chi connectivity index (χ0v) is 15.6. The van der Waals surface area contributed by atoms with Crippen LogP contribution in [0.4, 0.5) is 5.69 Å². The molecule has 1 amide bonds. The van der Waals surface area contributed by atoms with Gasteiger partial charge >= 0.3 is 0 Å². The first-order valence-corrected chi connectivity index (χ1v) is 9.35. The zero-order chi connectivity index (χ0) is 18.4. The van der Waals surface area contributed by atoms with E-state index in [1.54, 1.807) is 7.11 Å². The van der Waals surface area contributed by atoms with E-state index in [1.807, 2.05) is 42.6 Å². The van der Waals surface area contributed by atoms with Crippen molar-refractivity contribution >= 4 is 11.6 Å². The second kappa shape index (κ2) is 8.70. The molecule has 1 saturated heterocycles. The Morgan fingerprint density at radius 2 is 2.12 bits per heavy atom. The molecule has 2 aromatic rings. The lowest BCUT2D eigenvalue weighted by Crippen LogP contribution is -2.39. The first-order chi connectivity index (χ1) is 12.7. The lowest BCUT2D eigenvalue weighted by molar-refractivity contribution is 0.0945. The second-order valence-electron chi connectivity index (χ2n) is 6.65. The van der Waals surface area contributed by atoms with Crippen molar-refractivity contribution in [3.63, 3.8) is 0 Å². The summed E-state index contributed by atoms with van der Waals surface area (Å²) in [6.07, 6.45) is 6.72. The van der Waals surface area contributed by atoms with E-state index in [4.69, 9.17) is 4.74 Å². The summed E-state index contributed by atoms with van der Waals surface area (Å²) in [7, 11) is 1.63. The molecular formula is C21H27N3O2. The number of nitrogens with zero attached hydrogens (tertiary/aromatic N) is 2. The topological polar surface area (TPSA) is 54.5 Å². The van der Waals surface area contributed by atoms with E-state index in [0.29, 0.717) is 18.3 Å². The number of benzene rings is 1. The quantitative estimate of drug-likeness (QED) is 0.858. The van der Waals surface area contributed by atoms with Crippen LogP contribution in [0, 0.1) is 0 Å². The van der Waals surface area contributed by atoms with E-state index in [2.05, 4.69) is 22.1 Å². The van der Waals surface area contributed by atoms with Gasteiger partial charge in [0.05, 0.1) is 19.0 Å². The highest BCUT2D eigenvalue weighted by Crippen LogP contribution is 2.26. The van der Waals surface area contributed by atoms with Crippen LogP contribution in [-0.2, 0) is 6.54 Å². The number of anilines is 1. The Kier molecular flexibility index (Phi) is 6.10. The van der Waals surface area contributed by atoms with Crippen molar-refractivity contribution in [2.45, 2.75) is 45.2 Å². The Morgan fingerprint density at radius 1 is 1.27 bits per heavy atom. The van der Waals surface area contributed by atoms with Crippen LogP contribution in [0.25, 0.3) is 0 Å². The minimum atomic E-state index is -0.173. The summed E-state index contributed by atoms with van der Waals surface area (Å²) in [5.41, 5.74) is 2.49. The maximum Gasteiger partial charge on any atom is 0.270 e. The third-order valence-corrected chi connectivity index (χ3v) is 5.04. The van der Waals surface area contributed by atoms with Crippen LogP contribution >= 0.6 is 0 Å². The van der Waals surface area contributed by atoms with Crippen molar-refractivity contribution in [3.05, 3.63) is 53.9 Å². The van der Waals surface area contributed by atoms with Crippen molar-refractivity contribution in [1.29, 1.82) is 0 Å². The number of methoxy groups -OCH3 is 1. The molecule has 3 rings (SSSR count). The molecule has 0 spiro atoms. The van der Waals surface area contributed by atoms with E-state index in [0.717, 1.165) is 30.0 Å². The molecule has 2 heterocycles. The number of rotatable bonds is 6. The summed E-state index contributed by atoms with van der Waals surface area (Å²) in [5, 5.41) is 2.91. The van der Waals surface area contributed by atoms with Crippen molar-refractivity contribution in [2.24, 2.45) is 0 Å². The van der Waals surface area contributed by atoms with Gasteiger partial charge in [0.15, 0.2) is 0 Å². The minimum absolute atomic E-state index is 0.173. The average Bonchev–Trinajstić information content (AvgIpc) is 2.72. The van der Waals surface area contributed by atoms with Gasteiger partial charge in [0.1, 0.15) is 11.4 Å². The molecule has 1 N–H and O–H groups in total. The summed E-state index contributed by atoms with van der Waals surface area (Å²) >= 11 is 0. The van der Waals surface area contributed by atoms with Crippen LogP contribution in [0.1, 0.15) is 48.7 Å². The molecule has 5 heteroatoms. The Labute approximate surface area is 155 Å². The minimum Gasteiger partial charge on any atom is -0.496 e. The molecule has 0 bridgehead atoms. The van der Waals surface area contributed by atoms with Crippen molar-refractivity contribution in [1.82, 2.24) is 10.3 Å². The molecule has 1 aromatic heterocycles. The normalized spacial score (nSPS) is 17.0. The van der Waals surface area contributed by atoms with Gasteiger partial charge in [-0.1, -0.05) is 25.1 Å². The standard InChI is InChI=1S/C21H27N3O2/c1-3-17-9-6-7-13-24(17)18-11-12-19(22-15-18)21(25)23-14-16-8-4-5-10-20(16)26-2/h4-5,8,10-12,15,17H,3,6-7,9,13-14H2,1-2H3,(H,23,25). The maximum absolute atomic E-state index is 12.4. The lowest BCUT2D eigenvalue weighted by atomic mass is 9.99. The molecule has 1 fully saturated rings. The summed E-state index contributed by atoms with van der Waals surface area (Å²) in [4.78, 5) is 19.2. The first kappa shape index (κ1) is 18.2. The fourth-order valence-corrected chi connectivity index (χ4v) is 3.57. The van der Waals surface area contributed by atoms with Crippen molar-refractivity contribution < 1.29 is 9.53 Å². The van der Waals surface area contributed by atoms with Gasteiger partial charge in [-0.3, -0.25) is 4.79 Å². The van der Waals surface area contributed by atoms with Gasteiger partial charge in [-0.15, -0.1) is 0 Å². The van der Waals surface area contributed by atoms with Crippen molar-refractivity contribution in [2.75, 3.05) is 18.6 Å². The van der Waals surface area contributed by atoms with Crippen LogP contribution in [0.15, 0.2) is 42.6 Å². The first-order valence-electron chi connectivity index (χ1n) is 9.35. The van der Waals surface area contributed by atoms with Gasteiger partial charge in [-0.25, -0.2) is 4.98 Å². The molecule has 138 valence electrons. The van der Waals surface area contributed by atoms with Gasteiger partial charge in [0.25, 0.3) is 5.91 Å². The summed E-state index contributed by atoms with van der Waals surface area (Å²) in [6.45, 7) is 3.71. The molecule has 0 aliphatic carbocycles. The molecule has 1 unspecified atom stereocenters. The predicted molar refractivity (Wildman–Crippen MR) is 104 cm³/mol. The third-order valence-electron chi connectivity index (χ3n) is 5.04.